The molecule has 0 spiro atoms. The minimum Gasteiger partial charge on any atom is -0.334 e. The number of amides is 1. The Hall–Kier alpha value is -1.56. The van der Waals surface area contributed by atoms with Crippen molar-refractivity contribution in [2.75, 3.05) is 46.8 Å². The summed E-state index contributed by atoms with van der Waals surface area (Å²) in [6.45, 7) is 2.23. The number of rotatable bonds is 7. The third-order valence-electron chi connectivity index (χ3n) is 5.34. The van der Waals surface area contributed by atoms with Crippen molar-refractivity contribution in [3.63, 3.8) is 0 Å². The summed E-state index contributed by atoms with van der Waals surface area (Å²) in [4.78, 5) is 22.1. The topological polar surface area (TPSA) is 73.8 Å². The summed E-state index contributed by atoms with van der Waals surface area (Å²) in [6.07, 6.45) is 3.70. The molecule has 0 aliphatic carbocycles. The number of aryl methyl sites for hydroxylation is 1. The van der Waals surface area contributed by atoms with Gasteiger partial charge in [0.1, 0.15) is 4.21 Å². The minimum atomic E-state index is -3.61. The van der Waals surface area contributed by atoms with Gasteiger partial charge in [0.15, 0.2) is 5.01 Å². The Balaban J connectivity index is 1.38. The molecule has 2 aromatic heterocycles. The molecule has 32 heavy (non-hydrogen) atoms. The number of aromatic nitrogens is 1. The Morgan fingerprint density at radius 1 is 1.16 bits per heavy atom. The second kappa shape index (κ2) is 9.74. The first-order valence-electron chi connectivity index (χ1n) is 10.3. The largest absolute Gasteiger partial charge is 0.334 e. The normalized spacial score (nSPS) is 15.7. The van der Waals surface area contributed by atoms with Gasteiger partial charge in [-0.2, -0.15) is 4.31 Å². The molecule has 0 saturated carbocycles. The molecule has 0 radical (unpaired) electrons. The third-order valence-corrected chi connectivity index (χ3v) is 10.1. The van der Waals surface area contributed by atoms with Crippen LogP contribution < -0.4 is 0 Å². The number of carbonyl (C=O) groups is 1. The molecule has 7 nitrogen and oxygen atoms in total. The molecule has 4 rings (SSSR count). The van der Waals surface area contributed by atoms with E-state index in [0.29, 0.717) is 27.3 Å². The number of hydrogen-bond acceptors (Lipinski definition) is 7. The highest BCUT2D eigenvalue weighted by Crippen LogP contribution is 2.33. The zero-order chi connectivity index (χ0) is 22.9. The molecule has 1 amide bonds. The zero-order valence-corrected chi connectivity index (χ0v) is 21.2. The number of benzene rings is 1. The summed E-state index contributed by atoms with van der Waals surface area (Å²) in [7, 11) is 0.469. The first-order chi connectivity index (χ1) is 15.2. The fourth-order valence-electron chi connectivity index (χ4n) is 3.59. The molecule has 3 aromatic rings. The molecule has 3 heterocycles. The predicted octanol–water partition coefficient (Wildman–Crippen LogP) is 3.65. The zero-order valence-electron chi connectivity index (χ0n) is 18.0. The van der Waals surface area contributed by atoms with Crippen molar-refractivity contribution in [3.05, 3.63) is 45.4 Å². The van der Waals surface area contributed by atoms with Crippen LogP contribution in [-0.4, -0.2) is 80.2 Å². The molecular weight excluding hydrogens is 488 g/mol. The van der Waals surface area contributed by atoms with E-state index in [9.17, 15) is 13.2 Å². The second-order valence-corrected chi connectivity index (χ2v) is 12.8. The highest BCUT2D eigenvalue weighted by molar-refractivity contribution is 7.91. The Labute approximate surface area is 201 Å². The van der Waals surface area contributed by atoms with Crippen LogP contribution in [0.3, 0.4) is 0 Å². The molecule has 1 fully saturated rings. The smallest absolute Gasteiger partial charge is 0.282 e. The Bertz CT molecular complexity index is 1210. The number of thiazole rings is 1. The average Bonchev–Trinajstić information content (AvgIpc) is 3.40. The monoisotopic (exact) mass is 512 g/mol. The van der Waals surface area contributed by atoms with Gasteiger partial charge in [0, 0.05) is 47.0 Å². The number of piperazine rings is 1. The van der Waals surface area contributed by atoms with E-state index in [1.807, 2.05) is 20.2 Å². The molecule has 1 saturated heterocycles. The summed E-state index contributed by atoms with van der Waals surface area (Å²) in [6, 6.07) is 7.05. The summed E-state index contributed by atoms with van der Waals surface area (Å²) in [5.41, 5.74) is 0. The van der Waals surface area contributed by atoms with Gasteiger partial charge in [0.05, 0.1) is 0 Å². The van der Waals surface area contributed by atoms with E-state index < -0.39 is 10.0 Å². The van der Waals surface area contributed by atoms with E-state index in [-0.39, 0.29) is 19.0 Å². The van der Waals surface area contributed by atoms with Crippen LogP contribution in [0.15, 0.2) is 34.7 Å². The summed E-state index contributed by atoms with van der Waals surface area (Å²) in [5, 5.41) is 1.91. The number of thiophene rings is 1. The van der Waals surface area contributed by atoms with E-state index in [4.69, 9.17) is 11.6 Å². The molecule has 11 heteroatoms. The lowest BCUT2D eigenvalue weighted by Gasteiger charge is -2.33. The number of hydrogen-bond donors (Lipinski definition) is 0. The van der Waals surface area contributed by atoms with Crippen molar-refractivity contribution in [1.82, 2.24) is 19.1 Å². The second-order valence-electron chi connectivity index (χ2n) is 7.98. The van der Waals surface area contributed by atoms with Crippen molar-refractivity contribution in [3.8, 4) is 0 Å². The van der Waals surface area contributed by atoms with E-state index in [1.165, 1.54) is 27.0 Å². The van der Waals surface area contributed by atoms with Crippen LogP contribution in [0.4, 0.5) is 0 Å². The third kappa shape index (κ3) is 5.16. The standard InChI is InChI=1S/C21H25ClN4O3S3/c1-24(2)7-3-4-17-14-23-20(30-17)21(27)25-8-10-26(11-9-25)32(28,29)19-12-15-5-6-16(22)13-18(15)31-19/h5-6,12-14H,3-4,7-11H2,1-2H3. The van der Waals surface area contributed by atoms with Crippen LogP contribution in [0, 0.1) is 0 Å². The summed E-state index contributed by atoms with van der Waals surface area (Å²) in [5.74, 6) is -0.123. The van der Waals surface area contributed by atoms with Gasteiger partial charge in [-0.15, -0.1) is 22.7 Å². The number of carbonyl (C=O) groups excluding carboxylic acids is 1. The van der Waals surface area contributed by atoms with Crippen LogP contribution in [0.1, 0.15) is 21.1 Å². The SMILES string of the molecule is CN(C)CCCc1cnc(C(=O)N2CCN(S(=O)(=O)c3cc4ccc(Cl)cc4s3)CC2)s1. The first-order valence-corrected chi connectivity index (χ1v) is 13.8. The van der Waals surface area contributed by atoms with Gasteiger partial charge in [0.2, 0.25) is 0 Å². The fourth-order valence-corrected chi connectivity index (χ4v) is 7.77. The molecule has 0 atom stereocenters. The van der Waals surface area contributed by atoms with Crippen LogP contribution in [0.25, 0.3) is 10.1 Å². The average molecular weight is 513 g/mol. The Morgan fingerprint density at radius 3 is 2.62 bits per heavy atom. The molecule has 0 N–H and O–H groups in total. The van der Waals surface area contributed by atoms with Gasteiger partial charge >= 0.3 is 0 Å². The van der Waals surface area contributed by atoms with Crippen molar-refractivity contribution < 1.29 is 13.2 Å². The van der Waals surface area contributed by atoms with Gasteiger partial charge < -0.3 is 9.80 Å². The van der Waals surface area contributed by atoms with E-state index >= 15 is 0 Å². The molecule has 0 unspecified atom stereocenters. The van der Waals surface area contributed by atoms with Gasteiger partial charge in [-0.25, -0.2) is 13.4 Å². The van der Waals surface area contributed by atoms with Crippen molar-refractivity contribution in [2.24, 2.45) is 0 Å². The fraction of sp³-hybridized carbons (Fsp3) is 0.429. The molecule has 1 aromatic carbocycles. The summed E-state index contributed by atoms with van der Waals surface area (Å²) < 4.78 is 28.9. The summed E-state index contributed by atoms with van der Waals surface area (Å²) >= 11 is 8.68. The van der Waals surface area contributed by atoms with Gasteiger partial charge in [-0.3, -0.25) is 4.79 Å². The first kappa shape index (κ1) is 23.6. The van der Waals surface area contributed by atoms with E-state index in [2.05, 4.69) is 9.88 Å². The Kier molecular flexibility index (Phi) is 7.18. The predicted molar refractivity (Wildman–Crippen MR) is 130 cm³/mol. The molecule has 0 bridgehead atoms. The lowest BCUT2D eigenvalue weighted by atomic mass is 10.3. The van der Waals surface area contributed by atoms with E-state index in [1.54, 1.807) is 29.3 Å². The molecule has 1 aliphatic heterocycles. The highest BCUT2D eigenvalue weighted by Gasteiger charge is 2.32. The quantitative estimate of drug-likeness (QED) is 0.483. The minimum absolute atomic E-state index is 0.123. The van der Waals surface area contributed by atoms with Crippen molar-refractivity contribution in [2.45, 2.75) is 17.1 Å². The molecule has 172 valence electrons. The van der Waals surface area contributed by atoms with Crippen LogP contribution in [0.5, 0.6) is 0 Å². The van der Waals surface area contributed by atoms with Crippen LogP contribution in [0.2, 0.25) is 5.02 Å². The number of sulfonamides is 1. The van der Waals surface area contributed by atoms with Gasteiger partial charge in [-0.05, 0) is 57.1 Å². The van der Waals surface area contributed by atoms with Gasteiger partial charge in [0.25, 0.3) is 15.9 Å². The van der Waals surface area contributed by atoms with Gasteiger partial charge in [-0.1, -0.05) is 17.7 Å². The molecular formula is C21H25ClN4O3S3. The maximum Gasteiger partial charge on any atom is 0.282 e. The number of fused-ring (bicyclic) bond motifs is 1. The van der Waals surface area contributed by atoms with Crippen molar-refractivity contribution >= 4 is 60.3 Å². The van der Waals surface area contributed by atoms with Crippen LogP contribution in [-0.2, 0) is 16.4 Å². The molecule has 1 aliphatic rings. The number of nitrogens with zero attached hydrogens (tertiary/aromatic N) is 4. The van der Waals surface area contributed by atoms with Crippen LogP contribution >= 0.6 is 34.3 Å². The van der Waals surface area contributed by atoms with Crippen molar-refractivity contribution in [1.29, 1.82) is 0 Å². The Morgan fingerprint density at radius 2 is 1.91 bits per heavy atom. The lowest BCUT2D eigenvalue weighted by Crippen LogP contribution is -2.50. The van der Waals surface area contributed by atoms with E-state index in [0.717, 1.165) is 34.3 Å². The lowest BCUT2D eigenvalue weighted by molar-refractivity contribution is 0.0697. The maximum atomic E-state index is 13.1. The highest BCUT2D eigenvalue weighted by atomic mass is 35.5. The number of halogens is 1. The maximum absolute atomic E-state index is 13.1.